The van der Waals surface area contributed by atoms with Crippen LogP contribution in [0.1, 0.15) is 85.0 Å². The van der Waals surface area contributed by atoms with Gasteiger partial charge in [-0.1, -0.05) is 13.8 Å². The molecule has 4 fully saturated rings. The Hall–Kier alpha value is -1.43. The minimum absolute atomic E-state index is 0.149. The lowest BCUT2D eigenvalue weighted by molar-refractivity contribution is -0.165. The molecule has 3 N–H and O–H groups in total. The second kappa shape index (κ2) is 8.17. The number of aliphatic carboxylic acids is 1. The molecule has 4 aliphatic carbocycles. The van der Waals surface area contributed by atoms with Gasteiger partial charge in [0.2, 0.25) is 0 Å². The van der Waals surface area contributed by atoms with Crippen molar-refractivity contribution in [3.8, 4) is 0 Å². The van der Waals surface area contributed by atoms with Crippen molar-refractivity contribution in [1.29, 1.82) is 0 Å². The number of carbonyl (C=O) groups is 3. The van der Waals surface area contributed by atoms with Crippen LogP contribution < -0.4 is 5.73 Å². The number of Topliss-reactive ketones (excluding diaryl/α,β-unsaturated/α-hetero) is 1. The molecule has 6 nitrogen and oxygen atoms in total. The Balaban J connectivity index is 1.43. The zero-order valence-electron chi connectivity index (χ0n) is 19.3. The van der Waals surface area contributed by atoms with Gasteiger partial charge in [-0.15, -0.1) is 0 Å². The highest BCUT2D eigenvalue weighted by molar-refractivity contribution is 5.81. The van der Waals surface area contributed by atoms with Gasteiger partial charge in [-0.2, -0.15) is 0 Å². The predicted molar refractivity (Wildman–Crippen MR) is 116 cm³/mol. The van der Waals surface area contributed by atoms with Crippen LogP contribution >= 0.6 is 0 Å². The number of ether oxygens (including phenoxy) is 1. The summed E-state index contributed by atoms with van der Waals surface area (Å²) in [5.74, 6) is 1.57. The number of ketones is 1. The Morgan fingerprint density at radius 1 is 1.00 bits per heavy atom. The van der Waals surface area contributed by atoms with E-state index in [1.165, 1.54) is 19.3 Å². The molecule has 0 aliphatic heterocycles. The molecule has 0 aromatic heterocycles. The van der Waals surface area contributed by atoms with Crippen molar-refractivity contribution < 1.29 is 24.2 Å². The van der Waals surface area contributed by atoms with Crippen LogP contribution in [-0.4, -0.2) is 35.0 Å². The predicted octanol–water partition coefficient (Wildman–Crippen LogP) is 3.95. The molecule has 0 radical (unpaired) electrons. The standard InChI is InChI=1S/C25H39NO5/c1-14(27)18-6-7-19-17-5-4-15-12-16(31-23(30)21(26)13-22(28)29)8-10-24(15,2)20(17)9-11-25(18,19)3/h15-21H,4-13,26H2,1-3H3,(H,28,29)/t15-,16-,17?,18?,19?,20?,21-,24+,25-/m1/s1. The lowest BCUT2D eigenvalue weighted by Gasteiger charge is -2.61. The van der Waals surface area contributed by atoms with Gasteiger partial charge in [0, 0.05) is 5.92 Å². The molecule has 174 valence electrons. The van der Waals surface area contributed by atoms with Crippen LogP contribution in [0.4, 0.5) is 0 Å². The summed E-state index contributed by atoms with van der Waals surface area (Å²) in [4.78, 5) is 35.4. The summed E-state index contributed by atoms with van der Waals surface area (Å²) < 4.78 is 5.65. The molecule has 31 heavy (non-hydrogen) atoms. The maximum absolute atomic E-state index is 12.3. The first-order valence-electron chi connectivity index (χ1n) is 12.2. The molecule has 0 heterocycles. The van der Waals surface area contributed by atoms with Gasteiger partial charge in [-0.25, -0.2) is 0 Å². The minimum Gasteiger partial charge on any atom is -0.481 e. The first-order chi connectivity index (χ1) is 14.6. The quantitative estimate of drug-likeness (QED) is 0.636. The Morgan fingerprint density at radius 3 is 2.35 bits per heavy atom. The number of esters is 1. The topological polar surface area (TPSA) is 107 Å². The summed E-state index contributed by atoms with van der Waals surface area (Å²) in [6, 6.07) is -1.09. The van der Waals surface area contributed by atoms with E-state index in [0.29, 0.717) is 29.5 Å². The van der Waals surface area contributed by atoms with Crippen LogP contribution in [0.15, 0.2) is 0 Å². The van der Waals surface area contributed by atoms with Crippen molar-refractivity contribution in [2.24, 2.45) is 46.2 Å². The third-order valence-electron chi connectivity index (χ3n) is 10.1. The van der Waals surface area contributed by atoms with Crippen molar-refractivity contribution >= 4 is 17.7 Å². The Kier molecular flexibility index (Phi) is 5.99. The summed E-state index contributed by atoms with van der Waals surface area (Å²) in [6.45, 7) is 6.63. The molecule has 9 atom stereocenters. The summed E-state index contributed by atoms with van der Waals surface area (Å²) in [5.41, 5.74) is 6.15. The van der Waals surface area contributed by atoms with E-state index in [9.17, 15) is 14.4 Å². The van der Waals surface area contributed by atoms with Crippen LogP contribution in [0, 0.1) is 40.4 Å². The highest BCUT2D eigenvalue weighted by Crippen LogP contribution is 2.67. The number of hydrogen-bond donors (Lipinski definition) is 2. The van der Waals surface area contributed by atoms with Gasteiger partial charge < -0.3 is 15.6 Å². The molecule has 0 aromatic carbocycles. The molecule has 4 unspecified atom stereocenters. The van der Waals surface area contributed by atoms with Crippen molar-refractivity contribution in [2.45, 2.75) is 97.1 Å². The van der Waals surface area contributed by atoms with E-state index in [-0.39, 0.29) is 22.9 Å². The molecule has 0 aromatic rings. The molecule has 4 rings (SSSR count). The van der Waals surface area contributed by atoms with Crippen molar-refractivity contribution in [3.05, 3.63) is 0 Å². The molecule has 4 saturated carbocycles. The highest BCUT2D eigenvalue weighted by atomic mass is 16.5. The second-order valence-electron chi connectivity index (χ2n) is 11.5. The van der Waals surface area contributed by atoms with E-state index in [4.69, 9.17) is 15.6 Å². The number of hydrogen-bond acceptors (Lipinski definition) is 5. The Bertz CT molecular complexity index is 752. The first-order valence-corrected chi connectivity index (χ1v) is 12.2. The molecule has 0 amide bonds. The van der Waals surface area contributed by atoms with E-state index in [0.717, 1.165) is 38.5 Å². The smallest absolute Gasteiger partial charge is 0.323 e. The van der Waals surface area contributed by atoms with E-state index in [1.807, 2.05) is 0 Å². The lowest BCUT2D eigenvalue weighted by Crippen LogP contribution is -2.54. The van der Waals surface area contributed by atoms with E-state index in [1.54, 1.807) is 6.92 Å². The number of rotatable bonds is 5. The fraction of sp³-hybridized carbons (Fsp3) is 0.880. The Morgan fingerprint density at radius 2 is 1.68 bits per heavy atom. The van der Waals surface area contributed by atoms with Gasteiger partial charge >= 0.3 is 11.9 Å². The fourth-order valence-corrected chi connectivity index (χ4v) is 8.52. The largest absolute Gasteiger partial charge is 0.481 e. The maximum atomic E-state index is 12.3. The molecule has 4 aliphatic rings. The first kappa shape index (κ1) is 22.8. The zero-order valence-corrected chi connectivity index (χ0v) is 19.3. The summed E-state index contributed by atoms with van der Waals surface area (Å²) in [6.07, 6.45) is 9.21. The summed E-state index contributed by atoms with van der Waals surface area (Å²) in [7, 11) is 0. The third kappa shape index (κ3) is 3.83. The van der Waals surface area contributed by atoms with Crippen LogP contribution in [0.5, 0.6) is 0 Å². The van der Waals surface area contributed by atoms with E-state index in [2.05, 4.69) is 13.8 Å². The van der Waals surface area contributed by atoms with Crippen molar-refractivity contribution in [3.63, 3.8) is 0 Å². The average molecular weight is 434 g/mol. The number of carbonyl (C=O) groups excluding carboxylic acids is 2. The van der Waals surface area contributed by atoms with Gasteiger partial charge in [0.15, 0.2) is 0 Å². The van der Waals surface area contributed by atoms with Crippen molar-refractivity contribution in [1.82, 2.24) is 0 Å². The monoisotopic (exact) mass is 433 g/mol. The van der Waals surface area contributed by atoms with Crippen LogP contribution in [0.25, 0.3) is 0 Å². The number of carboxylic acid groups (broad SMARTS) is 1. The number of fused-ring (bicyclic) bond motifs is 5. The molecule has 0 spiro atoms. The van der Waals surface area contributed by atoms with Crippen molar-refractivity contribution in [2.75, 3.05) is 0 Å². The Labute approximate surface area is 185 Å². The van der Waals surface area contributed by atoms with Crippen LogP contribution in [0.2, 0.25) is 0 Å². The normalized spacial score (nSPS) is 45.0. The summed E-state index contributed by atoms with van der Waals surface area (Å²) >= 11 is 0. The fourth-order valence-electron chi connectivity index (χ4n) is 8.52. The molecule has 0 bridgehead atoms. The molecule has 0 saturated heterocycles. The van der Waals surface area contributed by atoms with E-state index < -0.39 is 24.4 Å². The van der Waals surface area contributed by atoms with Gasteiger partial charge in [0.1, 0.15) is 17.9 Å². The zero-order chi connectivity index (χ0) is 22.6. The van der Waals surface area contributed by atoms with Gasteiger partial charge in [0.05, 0.1) is 6.42 Å². The summed E-state index contributed by atoms with van der Waals surface area (Å²) in [5, 5.41) is 8.86. The maximum Gasteiger partial charge on any atom is 0.323 e. The van der Waals surface area contributed by atoms with E-state index >= 15 is 0 Å². The molecule has 6 heteroatoms. The third-order valence-corrected chi connectivity index (χ3v) is 10.1. The van der Waals surface area contributed by atoms with Crippen LogP contribution in [0.3, 0.4) is 0 Å². The molecular weight excluding hydrogens is 394 g/mol. The lowest BCUT2D eigenvalue weighted by atomic mass is 9.44. The minimum atomic E-state index is -1.09. The van der Waals surface area contributed by atoms with Crippen LogP contribution in [-0.2, 0) is 19.1 Å². The van der Waals surface area contributed by atoms with Gasteiger partial charge in [-0.3, -0.25) is 14.4 Å². The molecular formula is C25H39NO5. The highest BCUT2D eigenvalue weighted by Gasteiger charge is 2.60. The number of carboxylic acids is 1. The van der Waals surface area contributed by atoms with Gasteiger partial charge in [0.25, 0.3) is 0 Å². The van der Waals surface area contributed by atoms with Gasteiger partial charge in [-0.05, 0) is 99.2 Å². The number of nitrogens with two attached hydrogens (primary N) is 1. The SMILES string of the molecule is CC(=O)C1CCC2C3CC[C@@H]4C[C@H](OC(=O)[C@H](N)CC(=O)O)CC[C@]4(C)C3CC[C@]12C. The second-order valence-corrected chi connectivity index (χ2v) is 11.5. The average Bonchev–Trinajstić information content (AvgIpc) is 3.05.